The first kappa shape index (κ1) is 19.4. The molecule has 0 bridgehead atoms. The van der Waals surface area contributed by atoms with Gasteiger partial charge in [0, 0.05) is 46.3 Å². The fraction of sp³-hybridized carbons (Fsp3) is 0.550. The van der Waals surface area contributed by atoms with E-state index in [-0.39, 0.29) is 17.9 Å². The quantitative estimate of drug-likeness (QED) is 0.717. The van der Waals surface area contributed by atoms with Crippen LogP contribution in [0.2, 0.25) is 0 Å². The number of carbonyl (C=O) groups excluding carboxylic acids is 1. The molecule has 0 spiro atoms. The van der Waals surface area contributed by atoms with E-state index in [4.69, 9.17) is 4.74 Å². The Labute approximate surface area is 159 Å². The summed E-state index contributed by atoms with van der Waals surface area (Å²) in [6.07, 6.45) is 4.40. The minimum atomic E-state index is -0.109. The average Bonchev–Trinajstić information content (AvgIpc) is 2.71. The molecule has 1 fully saturated rings. The molecule has 1 aromatic heterocycles. The van der Waals surface area contributed by atoms with Crippen LogP contribution in [0.1, 0.15) is 32.1 Å². The zero-order valence-corrected chi connectivity index (χ0v) is 15.9. The highest BCUT2D eigenvalue weighted by Gasteiger charge is 2.19. The van der Waals surface area contributed by atoms with Crippen molar-refractivity contribution in [1.82, 2.24) is 14.9 Å². The lowest BCUT2D eigenvalue weighted by Crippen LogP contribution is -2.37. The maximum Gasteiger partial charge on any atom is 0.294 e. The molecule has 0 aliphatic carbocycles. The van der Waals surface area contributed by atoms with Crippen LogP contribution in [0, 0.1) is 0 Å². The number of nitrogens with zero attached hydrogens (tertiary/aromatic N) is 3. The number of ether oxygens (including phenoxy) is 1. The van der Waals surface area contributed by atoms with Gasteiger partial charge in [0.05, 0.1) is 11.0 Å². The molecule has 1 aromatic carbocycles. The molecule has 146 valence electrons. The number of nitrogens with one attached hydrogen (secondary N) is 1. The largest absolute Gasteiger partial charge is 0.385 e. The zero-order valence-electron chi connectivity index (χ0n) is 15.9. The van der Waals surface area contributed by atoms with Crippen LogP contribution >= 0.6 is 0 Å². The number of fused-ring (bicyclic) bond motifs is 1. The van der Waals surface area contributed by atoms with Gasteiger partial charge in [-0.1, -0.05) is 12.1 Å². The van der Waals surface area contributed by atoms with Crippen LogP contribution in [0.5, 0.6) is 0 Å². The zero-order chi connectivity index (χ0) is 19.1. The summed E-state index contributed by atoms with van der Waals surface area (Å²) < 4.78 is 6.67. The molecular formula is C20H28N4O3. The first-order chi connectivity index (χ1) is 13.2. The first-order valence-corrected chi connectivity index (χ1v) is 9.71. The van der Waals surface area contributed by atoms with E-state index in [0.29, 0.717) is 25.5 Å². The van der Waals surface area contributed by atoms with Gasteiger partial charge < -0.3 is 19.5 Å². The van der Waals surface area contributed by atoms with E-state index < -0.39 is 0 Å². The molecule has 27 heavy (non-hydrogen) atoms. The van der Waals surface area contributed by atoms with Crippen LogP contribution < -0.4 is 15.8 Å². The third-order valence-electron chi connectivity index (χ3n) is 4.90. The summed E-state index contributed by atoms with van der Waals surface area (Å²) in [5.74, 6) is 0.451. The van der Waals surface area contributed by atoms with Crippen LogP contribution in [0.25, 0.3) is 11.0 Å². The normalized spacial score (nSPS) is 14.5. The molecule has 1 aliphatic heterocycles. The number of para-hydroxylation sites is 2. The summed E-state index contributed by atoms with van der Waals surface area (Å²) in [7, 11) is 1.64. The Balaban J connectivity index is 1.79. The number of rotatable bonds is 8. The maximum atomic E-state index is 13.1. The molecule has 0 unspecified atom stereocenters. The average molecular weight is 372 g/mol. The molecule has 7 heteroatoms. The predicted octanol–water partition coefficient (Wildman–Crippen LogP) is 1.93. The third kappa shape index (κ3) is 4.86. The van der Waals surface area contributed by atoms with Crippen LogP contribution in [0.3, 0.4) is 0 Å². The summed E-state index contributed by atoms with van der Waals surface area (Å²) in [5, 5.41) is 2.87. The Kier molecular flexibility index (Phi) is 6.81. The van der Waals surface area contributed by atoms with Crippen LogP contribution in [0.15, 0.2) is 29.1 Å². The Morgan fingerprint density at radius 1 is 1.22 bits per heavy atom. The number of amides is 1. The summed E-state index contributed by atoms with van der Waals surface area (Å²) in [6.45, 7) is 3.27. The Morgan fingerprint density at radius 2 is 2.00 bits per heavy atom. The monoisotopic (exact) mass is 372 g/mol. The Bertz CT molecular complexity index is 828. The van der Waals surface area contributed by atoms with E-state index in [9.17, 15) is 9.59 Å². The lowest BCUT2D eigenvalue weighted by Gasteiger charge is -2.27. The second-order valence-electron chi connectivity index (χ2n) is 6.87. The van der Waals surface area contributed by atoms with E-state index in [1.54, 1.807) is 11.7 Å². The minimum Gasteiger partial charge on any atom is -0.385 e. The number of aryl methyl sites for hydroxylation is 1. The van der Waals surface area contributed by atoms with E-state index in [1.165, 1.54) is 6.42 Å². The van der Waals surface area contributed by atoms with Crippen molar-refractivity contribution in [2.24, 2.45) is 0 Å². The highest BCUT2D eigenvalue weighted by Crippen LogP contribution is 2.18. The number of aromatic nitrogens is 2. The van der Waals surface area contributed by atoms with Gasteiger partial charge >= 0.3 is 0 Å². The Hall–Kier alpha value is -2.41. The SMILES string of the molecule is COCCCNC(=O)CCn1c(=O)c(N2CCCCC2)nc2ccccc21. The second-order valence-corrected chi connectivity index (χ2v) is 6.87. The number of piperidine rings is 1. The van der Waals surface area contributed by atoms with Crippen molar-refractivity contribution in [1.29, 1.82) is 0 Å². The van der Waals surface area contributed by atoms with Gasteiger partial charge in [-0.3, -0.25) is 9.59 Å². The molecule has 1 N–H and O–H groups in total. The third-order valence-corrected chi connectivity index (χ3v) is 4.90. The number of benzene rings is 1. The maximum absolute atomic E-state index is 13.1. The molecule has 1 saturated heterocycles. The van der Waals surface area contributed by atoms with Gasteiger partial charge in [-0.15, -0.1) is 0 Å². The lowest BCUT2D eigenvalue weighted by atomic mass is 10.1. The second kappa shape index (κ2) is 9.50. The number of hydrogen-bond donors (Lipinski definition) is 1. The van der Waals surface area contributed by atoms with Crippen molar-refractivity contribution in [2.45, 2.75) is 38.6 Å². The van der Waals surface area contributed by atoms with Crippen molar-refractivity contribution >= 4 is 22.8 Å². The van der Waals surface area contributed by atoms with Gasteiger partial charge in [0.25, 0.3) is 5.56 Å². The van der Waals surface area contributed by atoms with Crippen molar-refractivity contribution in [2.75, 3.05) is 38.3 Å². The summed E-state index contributed by atoms with van der Waals surface area (Å²) in [5.41, 5.74) is 1.46. The van der Waals surface area contributed by atoms with E-state index in [2.05, 4.69) is 15.2 Å². The Morgan fingerprint density at radius 3 is 2.78 bits per heavy atom. The smallest absolute Gasteiger partial charge is 0.294 e. The van der Waals surface area contributed by atoms with Gasteiger partial charge in [0.1, 0.15) is 0 Å². The molecular weight excluding hydrogens is 344 g/mol. The summed E-state index contributed by atoms with van der Waals surface area (Å²) >= 11 is 0. The van der Waals surface area contributed by atoms with Gasteiger partial charge in [0.2, 0.25) is 5.91 Å². The molecule has 1 amide bonds. The number of anilines is 1. The highest BCUT2D eigenvalue weighted by atomic mass is 16.5. The molecule has 7 nitrogen and oxygen atoms in total. The molecule has 0 atom stereocenters. The highest BCUT2D eigenvalue weighted by molar-refractivity contribution is 5.78. The van der Waals surface area contributed by atoms with Crippen LogP contribution in [-0.4, -0.2) is 48.8 Å². The molecule has 2 heterocycles. The van der Waals surface area contributed by atoms with Crippen molar-refractivity contribution in [3.63, 3.8) is 0 Å². The first-order valence-electron chi connectivity index (χ1n) is 9.71. The van der Waals surface area contributed by atoms with Crippen molar-refractivity contribution < 1.29 is 9.53 Å². The number of methoxy groups -OCH3 is 1. The molecule has 2 aromatic rings. The standard InChI is InChI=1S/C20H28N4O3/c1-27-15-7-11-21-18(25)10-14-24-17-9-4-3-8-16(17)22-19(20(24)26)23-12-5-2-6-13-23/h3-4,8-9H,2,5-7,10-15H2,1H3,(H,21,25). The predicted molar refractivity (Wildman–Crippen MR) is 106 cm³/mol. The molecule has 1 aliphatic rings. The number of hydrogen-bond acceptors (Lipinski definition) is 5. The van der Waals surface area contributed by atoms with Gasteiger partial charge in [-0.2, -0.15) is 0 Å². The minimum absolute atomic E-state index is 0.0570. The molecule has 3 rings (SSSR count). The van der Waals surface area contributed by atoms with Crippen molar-refractivity contribution in [3.05, 3.63) is 34.6 Å². The van der Waals surface area contributed by atoms with Gasteiger partial charge in [-0.25, -0.2) is 4.98 Å². The topological polar surface area (TPSA) is 76.5 Å². The summed E-state index contributed by atoms with van der Waals surface area (Å²) in [6, 6.07) is 7.63. The van der Waals surface area contributed by atoms with Gasteiger partial charge in [-0.05, 0) is 37.8 Å². The summed E-state index contributed by atoms with van der Waals surface area (Å²) in [4.78, 5) is 31.9. The van der Waals surface area contributed by atoms with E-state index in [0.717, 1.165) is 43.4 Å². The van der Waals surface area contributed by atoms with E-state index in [1.807, 2.05) is 24.3 Å². The van der Waals surface area contributed by atoms with Gasteiger partial charge in [0.15, 0.2) is 5.82 Å². The van der Waals surface area contributed by atoms with E-state index >= 15 is 0 Å². The number of carbonyl (C=O) groups is 1. The van der Waals surface area contributed by atoms with Crippen LogP contribution in [-0.2, 0) is 16.1 Å². The lowest BCUT2D eigenvalue weighted by molar-refractivity contribution is -0.121. The van der Waals surface area contributed by atoms with Crippen LogP contribution in [0.4, 0.5) is 5.82 Å². The molecule has 0 saturated carbocycles. The fourth-order valence-electron chi connectivity index (χ4n) is 3.46. The van der Waals surface area contributed by atoms with Crippen molar-refractivity contribution in [3.8, 4) is 0 Å². The molecule has 0 radical (unpaired) electrons. The fourth-order valence-corrected chi connectivity index (χ4v) is 3.46.